The van der Waals surface area contributed by atoms with Crippen molar-refractivity contribution in [3.8, 4) is 16.9 Å². The number of anilines is 2. The standard InChI is InChI=1S/C31H28ClF3N2O5.C4H10.CH4/c32-25-13-19(33)11-12-22(25)24-14-21(41-18-40-17-36-16-30(39)42-20-5-1-2-6-20)15-28-23(24)7-3-10-29(38)37(28)31-26(34)8-4-9-27(31)35;1-4(2)3;/h3-4,8-15,20,36H,1-2,5-7,16-18H2;4H,1-3H3;1H4. The zero-order chi connectivity index (χ0) is 33.2. The molecule has 11 heteroatoms. The fourth-order valence-electron chi connectivity index (χ4n) is 5.09. The lowest BCUT2D eigenvalue weighted by Crippen LogP contribution is -2.29. The van der Waals surface area contributed by atoms with Gasteiger partial charge in [0.2, 0.25) is 0 Å². The van der Waals surface area contributed by atoms with Crippen molar-refractivity contribution >= 4 is 34.9 Å². The Bertz CT molecular complexity index is 1540. The fourth-order valence-corrected chi connectivity index (χ4v) is 5.36. The number of carbonyl (C=O) groups excluding carboxylic acids is 2. The summed E-state index contributed by atoms with van der Waals surface area (Å²) in [6.07, 6.45) is 6.87. The molecule has 1 fully saturated rings. The number of benzene rings is 3. The van der Waals surface area contributed by atoms with Crippen LogP contribution in [0.1, 0.15) is 59.4 Å². The molecule has 2 aliphatic rings. The van der Waals surface area contributed by atoms with Crippen LogP contribution in [0.25, 0.3) is 11.1 Å². The Hall–Kier alpha value is -3.86. The maximum absolute atomic E-state index is 14.9. The van der Waals surface area contributed by atoms with E-state index in [4.69, 9.17) is 25.8 Å². The van der Waals surface area contributed by atoms with Crippen LogP contribution in [0.3, 0.4) is 0 Å². The predicted molar refractivity (Wildman–Crippen MR) is 178 cm³/mol. The van der Waals surface area contributed by atoms with Crippen LogP contribution < -0.4 is 15.0 Å². The molecule has 7 nitrogen and oxygen atoms in total. The number of ether oxygens (including phenoxy) is 3. The molecule has 1 N–H and O–H groups in total. The van der Waals surface area contributed by atoms with Crippen molar-refractivity contribution in [1.82, 2.24) is 5.32 Å². The van der Waals surface area contributed by atoms with Crippen molar-refractivity contribution < 1.29 is 37.0 Å². The van der Waals surface area contributed by atoms with Crippen molar-refractivity contribution in [1.29, 1.82) is 0 Å². The number of hydrogen-bond donors (Lipinski definition) is 1. The zero-order valence-corrected chi connectivity index (χ0v) is 26.8. The second-order valence-corrected chi connectivity index (χ2v) is 12.0. The molecule has 1 amide bonds. The number of rotatable bonds is 10. The van der Waals surface area contributed by atoms with Crippen molar-refractivity contribution in [2.75, 3.05) is 25.0 Å². The van der Waals surface area contributed by atoms with Crippen molar-refractivity contribution in [3.63, 3.8) is 0 Å². The number of esters is 1. The van der Waals surface area contributed by atoms with Gasteiger partial charge in [0, 0.05) is 17.7 Å². The van der Waals surface area contributed by atoms with Crippen LogP contribution in [0.2, 0.25) is 5.02 Å². The minimum atomic E-state index is -0.932. The molecule has 0 unspecified atom stereocenters. The molecule has 47 heavy (non-hydrogen) atoms. The van der Waals surface area contributed by atoms with E-state index in [1.165, 1.54) is 30.3 Å². The highest BCUT2D eigenvalue weighted by molar-refractivity contribution is 6.33. The summed E-state index contributed by atoms with van der Waals surface area (Å²) in [4.78, 5) is 26.1. The first-order chi connectivity index (χ1) is 22.0. The first kappa shape index (κ1) is 37.6. The van der Waals surface area contributed by atoms with E-state index in [1.54, 1.807) is 12.1 Å². The third-order valence-electron chi connectivity index (χ3n) is 7.01. The molecule has 254 valence electrons. The van der Waals surface area contributed by atoms with Crippen LogP contribution in [0, 0.1) is 23.4 Å². The zero-order valence-electron chi connectivity index (χ0n) is 26.1. The first-order valence-electron chi connectivity index (χ1n) is 15.2. The summed E-state index contributed by atoms with van der Waals surface area (Å²) in [5.41, 5.74) is 1.04. The van der Waals surface area contributed by atoms with Gasteiger partial charge in [0.25, 0.3) is 5.91 Å². The number of carbonyl (C=O) groups is 2. The summed E-state index contributed by atoms with van der Waals surface area (Å²) < 4.78 is 60.4. The van der Waals surface area contributed by atoms with E-state index in [2.05, 4.69) is 26.1 Å². The van der Waals surface area contributed by atoms with Crippen molar-refractivity contribution in [3.05, 3.63) is 88.7 Å². The topological polar surface area (TPSA) is 77.1 Å². The highest BCUT2D eigenvalue weighted by Crippen LogP contribution is 2.43. The number of amides is 1. The number of allylic oxidation sites excluding steroid dienone is 1. The predicted octanol–water partition coefficient (Wildman–Crippen LogP) is 8.89. The Labute approximate surface area is 279 Å². The SMILES string of the molecule is C.CC(C)C.O=C(CNCOCOc1cc(-c2ccc(F)cc2Cl)c2c(c1)N(c1c(F)cccc1F)C(=O)C=CC2)OC1CCCC1. The maximum atomic E-state index is 14.9. The number of fused-ring (bicyclic) bond motifs is 1. The van der Waals surface area contributed by atoms with Gasteiger partial charge >= 0.3 is 5.97 Å². The smallest absolute Gasteiger partial charge is 0.320 e. The van der Waals surface area contributed by atoms with Gasteiger partial charge in [-0.05, 0) is 85.5 Å². The van der Waals surface area contributed by atoms with E-state index in [0.717, 1.165) is 54.7 Å². The second kappa shape index (κ2) is 17.9. The molecule has 5 rings (SSSR count). The van der Waals surface area contributed by atoms with Gasteiger partial charge in [0.05, 0.1) is 17.3 Å². The lowest BCUT2D eigenvalue weighted by atomic mass is 9.95. The molecule has 0 saturated heterocycles. The molecule has 0 atom stereocenters. The van der Waals surface area contributed by atoms with Crippen molar-refractivity contribution in [2.45, 2.75) is 66.4 Å². The Morgan fingerprint density at radius 2 is 1.70 bits per heavy atom. The van der Waals surface area contributed by atoms with Gasteiger partial charge in [-0.25, -0.2) is 13.2 Å². The summed E-state index contributed by atoms with van der Waals surface area (Å²) in [7, 11) is 0. The Morgan fingerprint density at radius 3 is 2.36 bits per heavy atom. The summed E-state index contributed by atoms with van der Waals surface area (Å²) in [6.45, 7) is 6.19. The molecule has 0 aromatic heterocycles. The lowest BCUT2D eigenvalue weighted by molar-refractivity contribution is -0.148. The van der Waals surface area contributed by atoms with Gasteiger partial charge < -0.3 is 14.2 Å². The largest absolute Gasteiger partial charge is 0.467 e. The van der Waals surface area contributed by atoms with Crippen LogP contribution in [0.4, 0.5) is 24.5 Å². The molecule has 1 aliphatic carbocycles. The van der Waals surface area contributed by atoms with Gasteiger partial charge in [0.15, 0.2) is 6.79 Å². The molecule has 0 bridgehead atoms. The number of para-hydroxylation sites is 1. The fraction of sp³-hybridized carbons (Fsp3) is 0.389. The van der Waals surface area contributed by atoms with Gasteiger partial charge in [-0.15, -0.1) is 0 Å². The molecular weight excluding hydrogens is 633 g/mol. The second-order valence-electron chi connectivity index (χ2n) is 11.6. The van der Waals surface area contributed by atoms with E-state index in [-0.39, 0.29) is 62.4 Å². The van der Waals surface area contributed by atoms with Crippen LogP contribution in [0.5, 0.6) is 5.75 Å². The average Bonchev–Trinajstić information content (AvgIpc) is 3.44. The summed E-state index contributed by atoms with van der Waals surface area (Å²) >= 11 is 6.40. The highest BCUT2D eigenvalue weighted by atomic mass is 35.5. The molecule has 1 heterocycles. The third kappa shape index (κ3) is 10.3. The normalized spacial score (nSPS) is 14.2. The van der Waals surface area contributed by atoms with Gasteiger partial charge in [-0.2, -0.15) is 0 Å². The maximum Gasteiger partial charge on any atom is 0.320 e. The highest BCUT2D eigenvalue weighted by Gasteiger charge is 2.29. The quantitative estimate of drug-likeness (QED) is 0.132. The van der Waals surface area contributed by atoms with Gasteiger partial charge in [-0.3, -0.25) is 19.8 Å². The Kier molecular flexibility index (Phi) is 14.3. The van der Waals surface area contributed by atoms with Crippen LogP contribution in [-0.2, 0) is 25.5 Å². The molecule has 3 aromatic carbocycles. The molecule has 0 radical (unpaired) electrons. The van der Waals surface area contributed by atoms with E-state index < -0.39 is 29.0 Å². The van der Waals surface area contributed by atoms with E-state index in [9.17, 15) is 22.8 Å². The number of nitrogens with one attached hydrogen (secondary N) is 1. The van der Waals surface area contributed by atoms with Crippen molar-refractivity contribution in [2.24, 2.45) is 5.92 Å². The Balaban J connectivity index is 0.00000114. The minimum Gasteiger partial charge on any atom is -0.467 e. The monoisotopic (exact) mass is 674 g/mol. The first-order valence-corrected chi connectivity index (χ1v) is 15.6. The number of hydrogen-bond acceptors (Lipinski definition) is 6. The van der Waals surface area contributed by atoms with E-state index in [1.807, 2.05) is 0 Å². The van der Waals surface area contributed by atoms with Gasteiger partial charge in [-0.1, -0.05) is 51.9 Å². The van der Waals surface area contributed by atoms with E-state index in [0.29, 0.717) is 16.7 Å². The number of halogens is 4. The van der Waals surface area contributed by atoms with Crippen LogP contribution in [-0.4, -0.2) is 38.0 Å². The molecule has 3 aromatic rings. The van der Waals surface area contributed by atoms with Crippen LogP contribution in [0.15, 0.2) is 60.7 Å². The summed E-state index contributed by atoms with van der Waals surface area (Å²) in [6, 6.07) is 10.3. The molecule has 1 aliphatic heterocycles. The lowest BCUT2D eigenvalue weighted by Gasteiger charge is -2.26. The molecule has 1 saturated carbocycles. The minimum absolute atomic E-state index is 0. The third-order valence-corrected chi connectivity index (χ3v) is 7.32. The number of nitrogens with zero attached hydrogens (tertiary/aromatic N) is 1. The summed E-state index contributed by atoms with van der Waals surface area (Å²) in [5, 5.41) is 2.93. The van der Waals surface area contributed by atoms with E-state index >= 15 is 0 Å². The summed E-state index contributed by atoms with van der Waals surface area (Å²) in [5.74, 6) is -2.41. The van der Waals surface area contributed by atoms with Gasteiger partial charge in [0.1, 0.15) is 41.7 Å². The van der Waals surface area contributed by atoms with Crippen LogP contribution >= 0.6 is 11.6 Å². The Morgan fingerprint density at radius 1 is 1.02 bits per heavy atom. The average molecular weight is 675 g/mol. The molecule has 0 spiro atoms. The molecular formula is C36H42ClF3N2O5.